The molecule has 0 spiro atoms. The molecule has 1 atom stereocenters. The van der Waals surface area contributed by atoms with E-state index in [-0.39, 0.29) is 28.0 Å². The summed E-state index contributed by atoms with van der Waals surface area (Å²) in [6, 6.07) is 1.19. The fourth-order valence-electron chi connectivity index (χ4n) is 2.71. The highest BCUT2D eigenvalue weighted by molar-refractivity contribution is 6.33. The van der Waals surface area contributed by atoms with Crippen molar-refractivity contribution in [3.63, 3.8) is 0 Å². The molecule has 0 fully saturated rings. The zero-order valence-corrected chi connectivity index (χ0v) is 14.6. The molecule has 1 N–H and O–H groups in total. The molecule has 26 heavy (non-hydrogen) atoms. The van der Waals surface area contributed by atoms with Crippen LogP contribution in [0.2, 0.25) is 5.02 Å². The number of hydrogen-bond donors (Lipinski definition) is 1. The molecule has 1 unspecified atom stereocenters. The van der Waals surface area contributed by atoms with E-state index in [1.807, 2.05) is 0 Å². The Morgan fingerprint density at radius 1 is 1.31 bits per heavy atom. The first kappa shape index (κ1) is 17.9. The number of aromatic nitrogens is 2. The summed E-state index contributed by atoms with van der Waals surface area (Å²) < 4.78 is 14.0. The lowest BCUT2D eigenvalue weighted by atomic mass is 9.94. The Kier molecular flexibility index (Phi) is 4.69. The van der Waals surface area contributed by atoms with Crippen LogP contribution < -0.4 is 10.2 Å². The monoisotopic (exact) mass is 376 g/mol. The fraction of sp³-hybridized carbons (Fsp3) is 0.235. The van der Waals surface area contributed by atoms with E-state index in [0.717, 1.165) is 17.0 Å². The minimum Gasteiger partial charge on any atom is -0.335 e. The second kappa shape index (κ2) is 6.80. The van der Waals surface area contributed by atoms with Crippen LogP contribution in [-0.2, 0) is 4.79 Å². The Balaban J connectivity index is 2.10. The summed E-state index contributed by atoms with van der Waals surface area (Å²) in [5.41, 5.74) is 0.0755. The molecule has 7 nitrogen and oxygen atoms in total. The maximum atomic E-state index is 14.0. The number of anilines is 1. The van der Waals surface area contributed by atoms with Gasteiger partial charge in [0.15, 0.2) is 5.78 Å². The molecule has 0 saturated heterocycles. The molecule has 2 aromatic rings. The van der Waals surface area contributed by atoms with Gasteiger partial charge in [-0.25, -0.2) is 19.1 Å². The lowest BCUT2D eigenvalue weighted by molar-refractivity contribution is -0.117. The summed E-state index contributed by atoms with van der Waals surface area (Å²) in [7, 11) is 0. The zero-order valence-electron chi connectivity index (χ0n) is 13.9. The molecular weight excluding hydrogens is 363 g/mol. The number of hydrogen-bond acceptors (Lipinski definition) is 5. The Morgan fingerprint density at radius 3 is 2.65 bits per heavy atom. The molecule has 1 aromatic carbocycles. The summed E-state index contributed by atoms with van der Waals surface area (Å²) in [6.07, 6.45) is 3.89. The van der Waals surface area contributed by atoms with Gasteiger partial charge < -0.3 is 5.32 Å². The molecule has 0 aliphatic carbocycles. The van der Waals surface area contributed by atoms with Gasteiger partial charge in [0.05, 0.1) is 16.9 Å². The average Bonchev–Trinajstić information content (AvgIpc) is 2.86. The summed E-state index contributed by atoms with van der Waals surface area (Å²) >= 11 is 5.81. The topological polar surface area (TPSA) is 92.3 Å². The third kappa shape index (κ3) is 3.03. The van der Waals surface area contributed by atoms with Crippen molar-refractivity contribution < 1.29 is 18.8 Å². The molecular formula is C17H14ClFN4O3. The highest BCUT2D eigenvalue weighted by Crippen LogP contribution is 2.41. The van der Waals surface area contributed by atoms with Crippen LogP contribution in [0.25, 0.3) is 0 Å². The van der Waals surface area contributed by atoms with Crippen molar-refractivity contribution in [3.8, 4) is 0 Å². The number of halogens is 2. The molecule has 9 heteroatoms. The van der Waals surface area contributed by atoms with Gasteiger partial charge >= 0.3 is 6.03 Å². The van der Waals surface area contributed by atoms with Gasteiger partial charge in [-0.2, -0.15) is 0 Å². The van der Waals surface area contributed by atoms with E-state index in [9.17, 15) is 18.8 Å². The summed E-state index contributed by atoms with van der Waals surface area (Å²) in [5, 5.41) is 2.32. The van der Waals surface area contributed by atoms with Crippen LogP contribution in [0.5, 0.6) is 0 Å². The molecule has 0 radical (unpaired) electrons. The van der Waals surface area contributed by atoms with Crippen molar-refractivity contribution in [3.05, 3.63) is 52.8 Å². The maximum Gasteiger partial charge on any atom is 0.328 e. The van der Waals surface area contributed by atoms with Crippen LogP contribution in [0.3, 0.4) is 0 Å². The number of benzene rings is 1. The number of carbonyl (C=O) groups is 3. The van der Waals surface area contributed by atoms with Crippen LogP contribution >= 0.6 is 11.6 Å². The number of urea groups is 1. The minimum absolute atomic E-state index is 0.0572. The van der Waals surface area contributed by atoms with Gasteiger partial charge in [-0.05, 0) is 31.5 Å². The van der Waals surface area contributed by atoms with Crippen LogP contribution in [0, 0.1) is 5.82 Å². The number of fused-ring (bicyclic) bond motifs is 1. The predicted molar refractivity (Wildman–Crippen MR) is 91.7 cm³/mol. The highest BCUT2D eigenvalue weighted by atomic mass is 35.5. The molecule has 1 aromatic heterocycles. The number of nitrogens with zero attached hydrogens (tertiary/aromatic N) is 3. The van der Waals surface area contributed by atoms with E-state index in [0.29, 0.717) is 0 Å². The molecule has 1 aliphatic heterocycles. The van der Waals surface area contributed by atoms with Gasteiger partial charge in [0.2, 0.25) is 0 Å². The molecule has 3 rings (SSSR count). The fourth-order valence-corrected chi connectivity index (χ4v) is 2.86. The highest BCUT2D eigenvalue weighted by Gasteiger charge is 2.46. The number of rotatable bonds is 3. The minimum atomic E-state index is -1.40. The Labute approximate surface area is 153 Å². The third-order valence-corrected chi connectivity index (χ3v) is 4.07. The molecule has 3 amide bonds. The molecule has 2 heterocycles. The van der Waals surface area contributed by atoms with Gasteiger partial charge in [0, 0.05) is 18.4 Å². The van der Waals surface area contributed by atoms with E-state index in [4.69, 9.17) is 11.6 Å². The van der Waals surface area contributed by atoms with Gasteiger partial charge in [-0.3, -0.25) is 14.6 Å². The van der Waals surface area contributed by atoms with Gasteiger partial charge in [-0.1, -0.05) is 11.6 Å². The van der Waals surface area contributed by atoms with Crippen molar-refractivity contribution in [1.82, 2.24) is 15.3 Å². The Bertz CT molecular complexity index is 904. The van der Waals surface area contributed by atoms with E-state index in [2.05, 4.69) is 15.3 Å². The molecule has 0 saturated carbocycles. The average molecular weight is 377 g/mol. The number of nitrogens with one attached hydrogen (secondary N) is 1. The van der Waals surface area contributed by atoms with Crippen molar-refractivity contribution in [1.29, 1.82) is 0 Å². The zero-order chi connectivity index (χ0) is 19.0. The SMILES string of the molecule is CC(C)NC(=O)N1C(=O)C(C(=O)c2cnccn2)c2cc(F)c(Cl)cc21. The second-order valence-corrected chi connectivity index (χ2v) is 6.40. The maximum absolute atomic E-state index is 14.0. The number of amides is 3. The van der Waals surface area contributed by atoms with E-state index < -0.39 is 29.5 Å². The Hall–Kier alpha value is -2.87. The smallest absolute Gasteiger partial charge is 0.328 e. The predicted octanol–water partition coefficient (Wildman–Crippen LogP) is 2.70. The van der Waals surface area contributed by atoms with Crippen LogP contribution in [0.1, 0.15) is 35.8 Å². The normalized spacial score (nSPS) is 16.0. The lowest BCUT2D eigenvalue weighted by Crippen LogP contribution is -2.46. The van der Waals surface area contributed by atoms with Crippen LogP contribution in [0.4, 0.5) is 14.9 Å². The van der Waals surface area contributed by atoms with Crippen LogP contribution in [0.15, 0.2) is 30.7 Å². The molecule has 0 bridgehead atoms. The van der Waals surface area contributed by atoms with Crippen molar-refractivity contribution in [2.45, 2.75) is 25.8 Å². The number of imide groups is 1. The first-order chi connectivity index (χ1) is 12.3. The first-order valence-corrected chi connectivity index (χ1v) is 8.12. The number of Topliss-reactive ketones (excluding diaryl/α,β-unsaturated/α-hetero) is 1. The van der Waals surface area contributed by atoms with E-state index >= 15 is 0 Å². The summed E-state index contributed by atoms with van der Waals surface area (Å²) in [5.74, 6) is -3.66. The van der Waals surface area contributed by atoms with Gasteiger partial charge in [0.1, 0.15) is 17.4 Å². The standard InChI is InChI=1S/C17H14ClFN4O3/c1-8(2)22-17(26)23-13-6-10(18)11(19)5-9(13)14(16(23)25)15(24)12-7-20-3-4-21-12/h3-8,14H,1-2H3,(H,22,26). The molecule has 1 aliphatic rings. The lowest BCUT2D eigenvalue weighted by Gasteiger charge is -2.18. The van der Waals surface area contributed by atoms with Crippen molar-refractivity contribution in [2.24, 2.45) is 0 Å². The number of ketones is 1. The second-order valence-electron chi connectivity index (χ2n) is 5.99. The van der Waals surface area contributed by atoms with E-state index in [1.165, 1.54) is 18.6 Å². The number of carbonyl (C=O) groups excluding carboxylic acids is 3. The van der Waals surface area contributed by atoms with Crippen LogP contribution in [-0.4, -0.2) is 33.7 Å². The summed E-state index contributed by atoms with van der Waals surface area (Å²) in [6.45, 7) is 3.44. The van der Waals surface area contributed by atoms with E-state index in [1.54, 1.807) is 13.8 Å². The van der Waals surface area contributed by atoms with Gasteiger partial charge in [0.25, 0.3) is 5.91 Å². The molecule has 134 valence electrons. The van der Waals surface area contributed by atoms with Crippen molar-refractivity contribution in [2.75, 3.05) is 4.90 Å². The van der Waals surface area contributed by atoms with Crippen molar-refractivity contribution >= 4 is 35.0 Å². The third-order valence-electron chi connectivity index (χ3n) is 3.78. The quantitative estimate of drug-likeness (QED) is 0.656. The van der Waals surface area contributed by atoms with Gasteiger partial charge in [-0.15, -0.1) is 0 Å². The first-order valence-electron chi connectivity index (χ1n) is 7.75. The largest absolute Gasteiger partial charge is 0.335 e. The summed E-state index contributed by atoms with van der Waals surface area (Å²) in [4.78, 5) is 46.6. The Morgan fingerprint density at radius 2 is 2.04 bits per heavy atom.